The quantitative estimate of drug-likeness (QED) is 0.424. The van der Waals surface area contributed by atoms with Gasteiger partial charge in [0.1, 0.15) is 11.6 Å². The molecule has 0 atom stereocenters. The van der Waals surface area contributed by atoms with Crippen molar-refractivity contribution in [2.45, 2.75) is 4.90 Å². The average Bonchev–Trinajstić information content (AvgIpc) is 3.23. The Labute approximate surface area is 188 Å². The van der Waals surface area contributed by atoms with Gasteiger partial charge in [-0.3, -0.25) is 9.10 Å². The van der Waals surface area contributed by atoms with E-state index in [0.717, 1.165) is 26.5 Å². The Kier molecular flexibility index (Phi) is 5.86. The molecular weight excluding hydrogens is 451 g/mol. The van der Waals surface area contributed by atoms with Crippen LogP contribution >= 0.6 is 11.3 Å². The van der Waals surface area contributed by atoms with Gasteiger partial charge in [0.25, 0.3) is 15.9 Å². The highest BCUT2D eigenvalue weighted by Gasteiger charge is 2.22. The summed E-state index contributed by atoms with van der Waals surface area (Å²) in [6, 6.07) is 18.6. The highest BCUT2D eigenvalue weighted by molar-refractivity contribution is 7.92. The molecule has 0 fully saturated rings. The van der Waals surface area contributed by atoms with Crippen LogP contribution in [-0.2, 0) is 10.0 Å². The lowest BCUT2D eigenvalue weighted by Gasteiger charge is -2.19. The maximum Gasteiger partial charge on any atom is 0.265 e. The van der Waals surface area contributed by atoms with Gasteiger partial charge in [0.05, 0.1) is 28.3 Å². The summed E-state index contributed by atoms with van der Waals surface area (Å²) in [6.45, 7) is 0. The number of sulfonamides is 1. The van der Waals surface area contributed by atoms with Gasteiger partial charge in [-0.25, -0.2) is 12.8 Å². The molecule has 6 nitrogen and oxygen atoms in total. The number of carbonyl (C=O) groups is 1. The van der Waals surface area contributed by atoms with Gasteiger partial charge in [0, 0.05) is 11.7 Å². The highest BCUT2D eigenvalue weighted by Crippen LogP contribution is 2.32. The first-order valence-electron chi connectivity index (χ1n) is 9.52. The summed E-state index contributed by atoms with van der Waals surface area (Å²) in [5, 5.41) is 3.57. The van der Waals surface area contributed by atoms with Crippen LogP contribution in [0.25, 0.3) is 10.1 Å². The Bertz CT molecular complexity index is 1400. The molecule has 0 aliphatic heterocycles. The first-order chi connectivity index (χ1) is 15.3. The van der Waals surface area contributed by atoms with Crippen LogP contribution in [0.5, 0.6) is 5.75 Å². The number of fused-ring (bicyclic) bond motifs is 1. The third-order valence-corrected chi connectivity index (χ3v) is 7.83. The minimum atomic E-state index is -3.86. The zero-order valence-electron chi connectivity index (χ0n) is 17.2. The number of nitrogens with one attached hydrogen (secondary N) is 1. The summed E-state index contributed by atoms with van der Waals surface area (Å²) in [5.74, 6) is -0.244. The Hall–Kier alpha value is -3.43. The van der Waals surface area contributed by atoms with Crippen LogP contribution in [-0.4, -0.2) is 28.5 Å². The van der Waals surface area contributed by atoms with E-state index in [2.05, 4.69) is 5.32 Å². The molecule has 0 saturated carbocycles. The number of halogens is 1. The number of rotatable bonds is 6. The van der Waals surface area contributed by atoms with Crippen molar-refractivity contribution in [3.05, 3.63) is 83.5 Å². The summed E-state index contributed by atoms with van der Waals surface area (Å²) in [5.41, 5.74) is 0.986. The van der Waals surface area contributed by atoms with Crippen molar-refractivity contribution in [2.75, 3.05) is 23.8 Å². The number of hydrogen-bond donors (Lipinski definition) is 1. The Morgan fingerprint density at radius 2 is 1.75 bits per heavy atom. The number of amides is 1. The Balaban J connectivity index is 1.61. The lowest BCUT2D eigenvalue weighted by Crippen LogP contribution is -2.26. The lowest BCUT2D eigenvalue weighted by atomic mass is 10.2. The molecule has 3 aromatic carbocycles. The van der Waals surface area contributed by atoms with Crippen LogP contribution < -0.4 is 14.4 Å². The minimum absolute atomic E-state index is 0.0105. The van der Waals surface area contributed by atoms with Crippen molar-refractivity contribution in [2.24, 2.45) is 0 Å². The molecule has 1 N–H and O–H groups in total. The first kappa shape index (κ1) is 21.8. The highest BCUT2D eigenvalue weighted by atomic mass is 32.2. The molecule has 0 spiro atoms. The molecule has 32 heavy (non-hydrogen) atoms. The molecule has 1 amide bonds. The molecule has 4 rings (SSSR count). The lowest BCUT2D eigenvalue weighted by molar-refractivity contribution is 0.103. The Morgan fingerprint density at radius 1 is 1.03 bits per heavy atom. The third-order valence-electron chi connectivity index (χ3n) is 4.91. The van der Waals surface area contributed by atoms with Gasteiger partial charge in [-0.05, 0) is 66.0 Å². The molecule has 164 valence electrons. The summed E-state index contributed by atoms with van der Waals surface area (Å²) in [6.07, 6.45) is 0. The molecule has 1 heterocycles. The van der Waals surface area contributed by atoms with Crippen molar-refractivity contribution < 1.29 is 22.3 Å². The van der Waals surface area contributed by atoms with Crippen molar-refractivity contribution in [1.29, 1.82) is 0 Å². The maximum atomic E-state index is 13.2. The fourth-order valence-corrected chi connectivity index (χ4v) is 5.30. The number of anilines is 2. The number of para-hydroxylation sites is 2. The predicted octanol–water partition coefficient (Wildman–Crippen LogP) is 5.13. The second kappa shape index (κ2) is 8.60. The molecule has 4 aromatic rings. The van der Waals surface area contributed by atoms with Crippen LogP contribution in [0, 0.1) is 5.82 Å². The first-order valence-corrected chi connectivity index (χ1v) is 11.8. The number of nitrogens with zero attached hydrogens (tertiary/aromatic N) is 1. The van der Waals surface area contributed by atoms with Crippen LogP contribution in [0.2, 0.25) is 0 Å². The van der Waals surface area contributed by atoms with E-state index < -0.39 is 15.8 Å². The van der Waals surface area contributed by atoms with Crippen LogP contribution in [0.15, 0.2) is 77.7 Å². The number of hydrogen-bond acceptors (Lipinski definition) is 5. The third kappa shape index (κ3) is 4.17. The zero-order chi connectivity index (χ0) is 22.9. The van der Waals surface area contributed by atoms with Crippen LogP contribution in [0.3, 0.4) is 0 Å². The van der Waals surface area contributed by atoms with Gasteiger partial charge in [-0.2, -0.15) is 0 Å². The van der Waals surface area contributed by atoms with Gasteiger partial charge >= 0.3 is 0 Å². The fraction of sp³-hybridized carbons (Fsp3) is 0.0870. The van der Waals surface area contributed by atoms with Crippen molar-refractivity contribution in [3.63, 3.8) is 0 Å². The van der Waals surface area contributed by atoms with Gasteiger partial charge in [-0.1, -0.05) is 12.1 Å². The fourth-order valence-electron chi connectivity index (χ4n) is 3.17. The van der Waals surface area contributed by atoms with E-state index >= 15 is 0 Å². The number of carbonyl (C=O) groups excluding carboxylic acids is 1. The van der Waals surface area contributed by atoms with E-state index in [0.29, 0.717) is 22.0 Å². The second-order valence-electron chi connectivity index (χ2n) is 6.91. The zero-order valence-corrected chi connectivity index (χ0v) is 18.8. The predicted molar refractivity (Wildman–Crippen MR) is 125 cm³/mol. The standard InChI is InChI=1S/C23H19FN2O4S2/c1-26(32(28,29)18-10-7-16(24)8-11-18)17-9-12-21-15(13-17)14-22(31-21)23(27)25-19-5-3-4-6-20(19)30-2/h3-14H,1-2H3,(H,25,27). The summed E-state index contributed by atoms with van der Waals surface area (Å²) >= 11 is 1.30. The Morgan fingerprint density at radius 3 is 2.47 bits per heavy atom. The van der Waals surface area contributed by atoms with E-state index in [-0.39, 0.29) is 10.8 Å². The molecule has 0 radical (unpaired) electrons. The summed E-state index contributed by atoms with van der Waals surface area (Å²) in [7, 11) is -0.896. The molecule has 0 unspecified atom stereocenters. The molecule has 9 heteroatoms. The van der Waals surface area contributed by atoms with Gasteiger partial charge < -0.3 is 10.1 Å². The minimum Gasteiger partial charge on any atom is -0.495 e. The van der Waals surface area contributed by atoms with Crippen LogP contribution in [0.4, 0.5) is 15.8 Å². The SMILES string of the molecule is COc1ccccc1NC(=O)c1cc2cc(N(C)S(=O)(=O)c3ccc(F)cc3)ccc2s1. The van der Waals surface area contributed by atoms with E-state index in [9.17, 15) is 17.6 Å². The number of thiophene rings is 1. The summed E-state index contributed by atoms with van der Waals surface area (Å²) in [4.78, 5) is 13.2. The maximum absolute atomic E-state index is 13.2. The van der Waals surface area contributed by atoms with Crippen molar-refractivity contribution in [3.8, 4) is 5.75 Å². The largest absolute Gasteiger partial charge is 0.495 e. The topological polar surface area (TPSA) is 75.7 Å². The summed E-state index contributed by atoms with van der Waals surface area (Å²) < 4.78 is 46.2. The molecule has 0 bridgehead atoms. The van der Waals surface area contributed by atoms with Gasteiger partial charge in [0.15, 0.2) is 0 Å². The van der Waals surface area contributed by atoms with Crippen molar-refractivity contribution in [1.82, 2.24) is 0 Å². The molecule has 0 saturated heterocycles. The van der Waals surface area contributed by atoms with E-state index in [1.165, 1.54) is 37.6 Å². The van der Waals surface area contributed by atoms with E-state index in [1.54, 1.807) is 42.5 Å². The normalized spacial score (nSPS) is 11.3. The van der Waals surface area contributed by atoms with Gasteiger partial charge in [0.2, 0.25) is 0 Å². The van der Waals surface area contributed by atoms with Crippen molar-refractivity contribution >= 4 is 48.7 Å². The molecule has 0 aliphatic carbocycles. The smallest absolute Gasteiger partial charge is 0.265 e. The number of ether oxygens (including phenoxy) is 1. The number of benzene rings is 3. The average molecular weight is 471 g/mol. The second-order valence-corrected chi connectivity index (χ2v) is 9.97. The van der Waals surface area contributed by atoms with E-state index in [4.69, 9.17) is 4.74 Å². The molecule has 0 aliphatic rings. The molecular formula is C23H19FN2O4S2. The molecule has 1 aromatic heterocycles. The monoisotopic (exact) mass is 470 g/mol. The van der Waals surface area contributed by atoms with E-state index in [1.807, 2.05) is 6.07 Å². The van der Waals surface area contributed by atoms with Gasteiger partial charge in [-0.15, -0.1) is 11.3 Å². The number of methoxy groups -OCH3 is 1. The van der Waals surface area contributed by atoms with Crippen LogP contribution in [0.1, 0.15) is 9.67 Å².